The van der Waals surface area contributed by atoms with E-state index in [9.17, 15) is 4.39 Å². The maximum absolute atomic E-state index is 13.3. The van der Waals surface area contributed by atoms with Gasteiger partial charge in [-0.15, -0.1) is 0 Å². The molecule has 0 unspecified atom stereocenters. The Morgan fingerprint density at radius 3 is 2.76 bits per heavy atom. The van der Waals surface area contributed by atoms with Crippen LogP contribution in [0.3, 0.4) is 0 Å². The van der Waals surface area contributed by atoms with E-state index in [1.54, 1.807) is 6.07 Å². The molecule has 0 saturated heterocycles. The number of nitrogens with two attached hydrogens (primary N) is 1. The quantitative estimate of drug-likeness (QED) is 0.382. The fourth-order valence-corrected chi connectivity index (χ4v) is 2.37. The number of amidine groups is 1. The molecule has 0 saturated carbocycles. The maximum atomic E-state index is 13.3. The minimum absolute atomic E-state index is 0.152. The first kappa shape index (κ1) is 15.3. The Bertz CT molecular complexity index is 689. The molecule has 0 aliphatic carbocycles. The van der Waals surface area contributed by atoms with Crippen molar-refractivity contribution in [2.45, 2.75) is 13.5 Å². The van der Waals surface area contributed by atoms with Crippen molar-refractivity contribution in [2.24, 2.45) is 10.9 Å². The zero-order valence-corrected chi connectivity index (χ0v) is 12.9. The predicted octanol–water partition coefficient (Wildman–Crippen LogP) is 3.57. The number of hydrogen-bond donors (Lipinski definition) is 2. The van der Waals surface area contributed by atoms with Crippen LogP contribution in [-0.4, -0.2) is 11.0 Å². The Balaban J connectivity index is 2.24. The highest BCUT2D eigenvalue weighted by molar-refractivity contribution is 9.10. The number of benzene rings is 2. The summed E-state index contributed by atoms with van der Waals surface area (Å²) in [6.07, 6.45) is 0. The van der Waals surface area contributed by atoms with E-state index in [0.717, 1.165) is 10.0 Å². The summed E-state index contributed by atoms with van der Waals surface area (Å²) in [5, 5.41) is 11.7. The molecule has 6 heteroatoms. The van der Waals surface area contributed by atoms with Crippen LogP contribution < -0.4 is 10.5 Å². The van der Waals surface area contributed by atoms with Gasteiger partial charge in [-0.05, 0) is 42.8 Å². The van der Waals surface area contributed by atoms with E-state index in [4.69, 9.17) is 15.7 Å². The molecule has 0 fully saturated rings. The molecule has 21 heavy (non-hydrogen) atoms. The zero-order chi connectivity index (χ0) is 15.4. The highest BCUT2D eigenvalue weighted by Crippen LogP contribution is 2.23. The fourth-order valence-electron chi connectivity index (χ4n) is 1.90. The van der Waals surface area contributed by atoms with Gasteiger partial charge in [0.15, 0.2) is 5.84 Å². The van der Waals surface area contributed by atoms with Crippen LogP contribution in [0.5, 0.6) is 5.75 Å². The summed E-state index contributed by atoms with van der Waals surface area (Å²) in [6, 6.07) is 9.72. The second kappa shape index (κ2) is 6.58. The lowest BCUT2D eigenvalue weighted by molar-refractivity contribution is 0.303. The van der Waals surface area contributed by atoms with Gasteiger partial charge in [-0.25, -0.2) is 4.39 Å². The SMILES string of the molecule is Cc1cc(Br)ccc1OCc1ccc(F)cc1C(N)=NO. The number of ether oxygens (including phenoxy) is 1. The third kappa shape index (κ3) is 3.72. The third-order valence-electron chi connectivity index (χ3n) is 2.98. The summed E-state index contributed by atoms with van der Waals surface area (Å²) in [4.78, 5) is 0. The normalized spacial score (nSPS) is 11.5. The molecule has 0 heterocycles. The maximum Gasteiger partial charge on any atom is 0.170 e. The minimum Gasteiger partial charge on any atom is -0.489 e. The first-order valence-corrected chi connectivity index (χ1v) is 6.96. The van der Waals surface area contributed by atoms with Crippen LogP contribution in [0, 0.1) is 12.7 Å². The average molecular weight is 353 g/mol. The molecule has 2 aromatic rings. The van der Waals surface area contributed by atoms with E-state index in [1.165, 1.54) is 12.1 Å². The molecular formula is C15H14BrFN2O2. The van der Waals surface area contributed by atoms with Crippen LogP contribution >= 0.6 is 15.9 Å². The lowest BCUT2D eigenvalue weighted by Crippen LogP contribution is -2.17. The summed E-state index contributed by atoms with van der Waals surface area (Å²) in [6.45, 7) is 2.11. The highest BCUT2D eigenvalue weighted by atomic mass is 79.9. The van der Waals surface area contributed by atoms with E-state index in [0.29, 0.717) is 16.9 Å². The van der Waals surface area contributed by atoms with Crippen molar-refractivity contribution in [3.8, 4) is 5.75 Å². The molecule has 0 atom stereocenters. The van der Waals surface area contributed by atoms with Crippen LogP contribution in [0.1, 0.15) is 16.7 Å². The van der Waals surface area contributed by atoms with Crippen molar-refractivity contribution in [1.29, 1.82) is 0 Å². The molecule has 0 aliphatic heterocycles. The van der Waals surface area contributed by atoms with Crippen molar-refractivity contribution < 1.29 is 14.3 Å². The van der Waals surface area contributed by atoms with Gasteiger partial charge < -0.3 is 15.7 Å². The molecule has 4 nitrogen and oxygen atoms in total. The van der Waals surface area contributed by atoms with Gasteiger partial charge in [0.05, 0.1) is 0 Å². The van der Waals surface area contributed by atoms with Crippen molar-refractivity contribution >= 4 is 21.8 Å². The molecule has 0 aromatic heterocycles. The largest absolute Gasteiger partial charge is 0.489 e. The van der Waals surface area contributed by atoms with Gasteiger partial charge in [0.25, 0.3) is 0 Å². The molecule has 0 bridgehead atoms. The van der Waals surface area contributed by atoms with E-state index in [2.05, 4.69) is 21.1 Å². The van der Waals surface area contributed by atoms with Gasteiger partial charge in [0.2, 0.25) is 0 Å². The van der Waals surface area contributed by atoms with Crippen molar-refractivity contribution in [1.82, 2.24) is 0 Å². The summed E-state index contributed by atoms with van der Waals surface area (Å²) in [5.74, 6) is 0.105. The van der Waals surface area contributed by atoms with E-state index < -0.39 is 5.82 Å². The lowest BCUT2D eigenvalue weighted by atomic mass is 10.1. The van der Waals surface area contributed by atoms with Gasteiger partial charge in [0.1, 0.15) is 18.2 Å². The fraction of sp³-hybridized carbons (Fsp3) is 0.133. The molecule has 0 amide bonds. The third-order valence-corrected chi connectivity index (χ3v) is 3.47. The van der Waals surface area contributed by atoms with Gasteiger partial charge in [-0.2, -0.15) is 0 Å². The monoisotopic (exact) mass is 352 g/mol. The standard InChI is InChI=1S/C15H14BrFN2O2/c1-9-6-11(16)3-5-14(9)21-8-10-2-4-12(17)7-13(10)15(18)19-20/h2-7,20H,8H2,1H3,(H2,18,19). The lowest BCUT2D eigenvalue weighted by Gasteiger charge is -2.12. The number of aryl methyl sites for hydroxylation is 1. The smallest absolute Gasteiger partial charge is 0.170 e. The molecule has 3 N–H and O–H groups in total. The van der Waals surface area contributed by atoms with Gasteiger partial charge in [-0.1, -0.05) is 27.2 Å². The molecule has 110 valence electrons. The topological polar surface area (TPSA) is 67.8 Å². The minimum atomic E-state index is -0.458. The summed E-state index contributed by atoms with van der Waals surface area (Å²) >= 11 is 3.38. The summed E-state index contributed by atoms with van der Waals surface area (Å²) < 4.78 is 20.0. The first-order valence-electron chi connectivity index (χ1n) is 6.16. The van der Waals surface area contributed by atoms with Crippen LogP contribution in [-0.2, 0) is 6.61 Å². The molecule has 0 aliphatic rings. The molecule has 0 spiro atoms. The van der Waals surface area contributed by atoms with Crippen LogP contribution in [0.4, 0.5) is 4.39 Å². The summed E-state index contributed by atoms with van der Waals surface area (Å²) in [5.41, 5.74) is 7.47. The van der Waals surface area contributed by atoms with E-state index >= 15 is 0 Å². The Labute approximate surface area is 130 Å². The number of rotatable bonds is 4. The predicted molar refractivity (Wildman–Crippen MR) is 82.1 cm³/mol. The Kier molecular flexibility index (Phi) is 4.80. The van der Waals surface area contributed by atoms with Gasteiger partial charge in [0, 0.05) is 15.6 Å². The number of halogens is 2. The van der Waals surface area contributed by atoms with Gasteiger partial charge in [-0.3, -0.25) is 0 Å². The Hall–Kier alpha value is -2.08. The van der Waals surface area contributed by atoms with E-state index in [-0.39, 0.29) is 12.4 Å². The number of oxime groups is 1. The first-order chi connectivity index (χ1) is 10.0. The highest BCUT2D eigenvalue weighted by Gasteiger charge is 2.10. The van der Waals surface area contributed by atoms with Crippen molar-refractivity contribution in [3.05, 3.63) is 63.4 Å². The van der Waals surface area contributed by atoms with Gasteiger partial charge >= 0.3 is 0 Å². The molecule has 2 rings (SSSR count). The van der Waals surface area contributed by atoms with Crippen molar-refractivity contribution in [2.75, 3.05) is 0 Å². The molecule has 0 radical (unpaired) electrons. The summed E-state index contributed by atoms with van der Waals surface area (Å²) in [7, 11) is 0. The second-order valence-electron chi connectivity index (χ2n) is 4.49. The molecular weight excluding hydrogens is 339 g/mol. The Morgan fingerprint density at radius 2 is 2.10 bits per heavy atom. The Morgan fingerprint density at radius 1 is 1.33 bits per heavy atom. The van der Waals surface area contributed by atoms with Crippen LogP contribution in [0.2, 0.25) is 0 Å². The second-order valence-corrected chi connectivity index (χ2v) is 5.40. The zero-order valence-electron chi connectivity index (χ0n) is 11.3. The number of nitrogens with zero attached hydrogens (tertiary/aromatic N) is 1. The molecule has 2 aromatic carbocycles. The number of hydrogen-bond acceptors (Lipinski definition) is 3. The van der Waals surface area contributed by atoms with Crippen LogP contribution in [0.15, 0.2) is 46.0 Å². The van der Waals surface area contributed by atoms with Crippen molar-refractivity contribution in [3.63, 3.8) is 0 Å². The van der Waals surface area contributed by atoms with Crippen LogP contribution in [0.25, 0.3) is 0 Å². The average Bonchev–Trinajstić information content (AvgIpc) is 2.46. The van der Waals surface area contributed by atoms with E-state index in [1.807, 2.05) is 25.1 Å².